The van der Waals surface area contributed by atoms with Crippen LogP contribution in [0.5, 0.6) is 0 Å². The summed E-state index contributed by atoms with van der Waals surface area (Å²) in [6.45, 7) is 2.76. The van der Waals surface area contributed by atoms with Gasteiger partial charge in [0.25, 0.3) is 5.91 Å². The fourth-order valence-electron chi connectivity index (χ4n) is 2.07. The van der Waals surface area contributed by atoms with Gasteiger partial charge in [-0.25, -0.2) is 4.98 Å². The Morgan fingerprint density at radius 3 is 3.06 bits per heavy atom. The minimum atomic E-state index is -0.157. The Labute approximate surface area is 107 Å². The van der Waals surface area contributed by atoms with E-state index in [1.165, 1.54) is 0 Å². The van der Waals surface area contributed by atoms with Crippen molar-refractivity contribution < 1.29 is 9.53 Å². The number of amides is 1. The van der Waals surface area contributed by atoms with Crippen LogP contribution < -0.4 is 10.6 Å². The minimum Gasteiger partial charge on any atom is -0.376 e. The quantitative estimate of drug-likeness (QED) is 0.847. The monoisotopic (exact) mass is 249 g/mol. The van der Waals surface area contributed by atoms with Crippen molar-refractivity contribution in [3.8, 4) is 0 Å². The molecule has 5 nitrogen and oxygen atoms in total. The van der Waals surface area contributed by atoms with Crippen LogP contribution in [0, 0.1) is 0 Å². The Morgan fingerprint density at radius 2 is 2.39 bits per heavy atom. The predicted octanol–water partition coefficient (Wildman–Crippen LogP) is 1.42. The van der Waals surface area contributed by atoms with Crippen LogP contribution in [0.4, 0.5) is 5.82 Å². The van der Waals surface area contributed by atoms with Gasteiger partial charge < -0.3 is 15.4 Å². The molecule has 0 saturated carbocycles. The van der Waals surface area contributed by atoms with E-state index in [0.29, 0.717) is 11.5 Å². The van der Waals surface area contributed by atoms with Gasteiger partial charge in [0.1, 0.15) is 11.5 Å². The summed E-state index contributed by atoms with van der Waals surface area (Å²) < 4.78 is 5.55. The maximum atomic E-state index is 12.0. The number of anilines is 1. The average molecular weight is 249 g/mol. The van der Waals surface area contributed by atoms with Gasteiger partial charge in [0.15, 0.2) is 0 Å². The third kappa shape index (κ3) is 2.98. The summed E-state index contributed by atoms with van der Waals surface area (Å²) in [5.41, 5.74) is 0.423. The van der Waals surface area contributed by atoms with Gasteiger partial charge in [0.05, 0.1) is 12.1 Å². The number of pyridine rings is 1. The summed E-state index contributed by atoms with van der Waals surface area (Å²) in [7, 11) is 1.78. The van der Waals surface area contributed by atoms with Crippen molar-refractivity contribution in [3.05, 3.63) is 23.9 Å². The van der Waals surface area contributed by atoms with E-state index in [0.717, 1.165) is 19.4 Å². The van der Waals surface area contributed by atoms with Crippen LogP contribution in [-0.2, 0) is 4.74 Å². The molecule has 2 heterocycles. The highest BCUT2D eigenvalue weighted by Gasteiger charge is 2.24. The van der Waals surface area contributed by atoms with E-state index in [2.05, 4.69) is 15.6 Å². The molecule has 1 aliphatic rings. The van der Waals surface area contributed by atoms with E-state index >= 15 is 0 Å². The van der Waals surface area contributed by atoms with Crippen LogP contribution in [-0.4, -0.2) is 36.7 Å². The van der Waals surface area contributed by atoms with E-state index in [1.807, 2.05) is 19.1 Å². The third-order valence-corrected chi connectivity index (χ3v) is 3.12. The van der Waals surface area contributed by atoms with Crippen LogP contribution in [0.3, 0.4) is 0 Å². The molecule has 0 aliphatic carbocycles. The molecule has 1 aliphatic heterocycles. The largest absolute Gasteiger partial charge is 0.376 e. The first-order valence-electron chi connectivity index (χ1n) is 6.28. The number of carbonyl (C=O) groups excluding carboxylic acids is 1. The second-order valence-corrected chi connectivity index (χ2v) is 4.47. The lowest BCUT2D eigenvalue weighted by atomic mass is 10.1. The van der Waals surface area contributed by atoms with Crippen LogP contribution >= 0.6 is 0 Å². The van der Waals surface area contributed by atoms with Crippen molar-refractivity contribution in [3.63, 3.8) is 0 Å². The Balaban J connectivity index is 1.97. The van der Waals surface area contributed by atoms with Crippen molar-refractivity contribution in [1.29, 1.82) is 0 Å². The summed E-state index contributed by atoms with van der Waals surface area (Å²) in [5, 5.41) is 5.85. The van der Waals surface area contributed by atoms with Gasteiger partial charge in [-0.15, -0.1) is 0 Å². The zero-order valence-corrected chi connectivity index (χ0v) is 10.8. The summed E-state index contributed by atoms with van der Waals surface area (Å²) >= 11 is 0. The average Bonchev–Trinajstić information content (AvgIpc) is 2.92. The molecule has 2 rings (SSSR count). The topological polar surface area (TPSA) is 63.2 Å². The molecule has 98 valence electrons. The summed E-state index contributed by atoms with van der Waals surface area (Å²) in [6, 6.07) is 5.35. The van der Waals surface area contributed by atoms with Crippen molar-refractivity contribution >= 4 is 11.7 Å². The van der Waals surface area contributed by atoms with Gasteiger partial charge in [-0.2, -0.15) is 0 Å². The standard InChI is InChI=1S/C13H19N3O2/c1-9(11-6-4-8-18-11)15-13(17)10-5-3-7-12(14-2)16-10/h3,5,7,9,11H,4,6,8H2,1-2H3,(H,14,16)(H,15,17). The molecular formula is C13H19N3O2. The molecule has 0 bridgehead atoms. The first-order valence-corrected chi connectivity index (χ1v) is 6.28. The predicted molar refractivity (Wildman–Crippen MR) is 69.7 cm³/mol. The fourth-order valence-corrected chi connectivity index (χ4v) is 2.07. The lowest BCUT2D eigenvalue weighted by molar-refractivity contribution is 0.0709. The molecule has 2 unspecified atom stereocenters. The zero-order valence-electron chi connectivity index (χ0n) is 10.8. The number of rotatable bonds is 4. The van der Waals surface area contributed by atoms with E-state index in [1.54, 1.807) is 13.1 Å². The van der Waals surface area contributed by atoms with Gasteiger partial charge in [-0.05, 0) is 31.9 Å². The molecule has 2 atom stereocenters. The van der Waals surface area contributed by atoms with Crippen molar-refractivity contribution in [2.75, 3.05) is 19.0 Å². The molecule has 0 aromatic carbocycles. The zero-order chi connectivity index (χ0) is 13.0. The van der Waals surface area contributed by atoms with Gasteiger partial charge in [0, 0.05) is 13.7 Å². The number of aromatic nitrogens is 1. The maximum absolute atomic E-state index is 12.0. The highest BCUT2D eigenvalue weighted by molar-refractivity contribution is 5.92. The summed E-state index contributed by atoms with van der Waals surface area (Å²) in [5.74, 6) is 0.530. The first-order chi connectivity index (χ1) is 8.70. The van der Waals surface area contributed by atoms with Crippen molar-refractivity contribution in [2.45, 2.75) is 31.9 Å². The van der Waals surface area contributed by atoms with Crippen LogP contribution in [0.2, 0.25) is 0 Å². The number of nitrogens with zero attached hydrogens (tertiary/aromatic N) is 1. The molecule has 1 aromatic heterocycles. The van der Waals surface area contributed by atoms with Gasteiger partial charge in [-0.1, -0.05) is 6.07 Å². The second kappa shape index (κ2) is 5.82. The molecule has 2 N–H and O–H groups in total. The van der Waals surface area contributed by atoms with E-state index in [4.69, 9.17) is 4.74 Å². The molecule has 1 amide bonds. The van der Waals surface area contributed by atoms with Gasteiger partial charge in [-0.3, -0.25) is 4.79 Å². The number of ether oxygens (including phenoxy) is 1. The number of hydrogen-bond donors (Lipinski definition) is 2. The minimum absolute atomic E-state index is 0.0139. The summed E-state index contributed by atoms with van der Waals surface area (Å²) in [4.78, 5) is 16.2. The highest BCUT2D eigenvalue weighted by Crippen LogP contribution is 2.15. The normalized spacial score (nSPS) is 20.4. The molecule has 1 aromatic rings. The Bertz CT molecular complexity index is 416. The second-order valence-electron chi connectivity index (χ2n) is 4.47. The molecular weight excluding hydrogens is 230 g/mol. The Hall–Kier alpha value is -1.62. The highest BCUT2D eigenvalue weighted by atomic mass is 16.5. The maximum Gasteiger partial charge on any atom is 0.270 e. The van der Waals surface area contributed by atoms with Gasteiger partial charge in [0.2, 0.25) is 0 Å². The fraction of sp³-hybridized carbons (Fsp3) is 0.538. The van der Waals surface area contributed by atoms with Crippen LogP contribution in [0.15, 0.2) is 18.2 Å². The Kier molecular flexibility index (Phi) is 4.15. The summed E-state index contributed by atoms with van der Waals surface area (Å²) in [6.07, 6.45) is 2.20. The molecule has 1 saturated heterocycles. The lowest BCUT2D eigenvalue weighted by Crippen LogP contribution is -2.41. The molecule has 1 fully saturated rings. The molecule has 0 spiro atoms. The molecule has 0 radical (unpaired) electrons. The molecule has 18 heavy (non-hydrogen) atoms. The number of nitrogens with one attached hydrogen (secondary N) is 2. The number of carbonyl (C=O) groups is 1. The van der Waals surface area contributed by atoms with Crippen molar-refractivity contribution in [1.82, 2.24) is 10.3 Å². The van der Waals surface area contributed by atoms with Gasteiger partial charge >= 0.3 is 0 Å². The Morgan fingerprint density at radius 1 is 1.56 bits per heavy atom. The smallest absolute Gasteiger partial charge is 0.270 e. The lowest BCUT2D eigenvalue weighted by Gasteiger charge is -2.19. The van der Waals surface area contributed by atoms with Crippen LogP contribution in [0.25, 0.3) is 0 Å². The molecule has 5 heteroatoms. The van der Waals surface area contributed by atoms with E-state index in [9.17, 15) is 4.79 Å². The third-order valence-electron chi connectivity index (χ3n) is 3.12. The van der Waals surface area contributed by atoms with E-state index < -0.39 is 0 Å². The van der Waals surface area contributed by atoms with Crippen LogP contribution in [0.1, 0.15) is 30.3 Å². The van der Waals surface area contributed by atoms with Crippen molar-refractivity contribution in [2.24, 2.45) is 0 Å². The SMILES string of the molecule is CNc1cccc(C(=O)NC(C)C2CCCO2)n1. The number of hydrogen-bond acceptors (Lipinski definition) is 4. The first kappa shape index (κ1) is 12.8. The van der Waals surface area contributed by atoms with E-state index in [-0.39, 0.29) is 18.1 Å².